The van der Waals surface area contributed by atoms with Crippen LogP contribution in [-0.4, -0.2) is 68.0 Å². The molecular weight excluding hydrogens is 570 g/mol. The van der Waals surface area contributed by atoms with E-state index in [-0.39, 0.29) is 35.9 Å². The Morgan fingerprint density at radius 1 is 0.933 bits per heavy atom. The van der Waals surface area contributed by atoms with E-state index in [4.69, 9.17) is 0 Å². The van der Waals surface area contributed by atoms with Gasteiger partial charge in [-0.1, -0.05) is 75.6 Å². The number of amides is 1. The first kappa shape index (κ1) is 40.3. The Labute approximate surface area is 271 Å². The highest BCUT2D eigenvalue weighted by molar-refractivity contribution is 6.38. The van der Waals surface area contributed by atoms with Crippen molar-refractivity contribution in [2.24, 2.45) is 17.8 Å². The van der Waals surface area contributed by atoms with Gasteiger partial charge in [0.2, 0.25) is 5.79 Å². The van der Waals surface area contributed by atoms with Crippen molar-refractivity contribution in [1.82, 2.24) is 4.90 Å². The largest absolute Gasteiger partial charge is 0.388 e. The number of ketones is 3. The summed E-state index contributed by atoms with van der Waals surface area (Å²) in [5.74, 6) is -5.69. The van der Waals surface area contributed by atoms with E-state index in [1.165, 1.54) is 17.4 Å². The Hall–Kier alpha value is -2.68. The normalized spacial score (nSPS) is 19.5. The minimum Gasteiger partial charge on any atom is -0.388 e. The molecule has 0 spiro atoms. The topological polar surface area (TPSA) is 132 Å². The Balaban J connectivity index is 2.32. The van der Waals surface area contributed by atoms with Gasteiger partial charge in [-0.25, -0.2) is 0 Å². The maximum Gasteiger partial charge on any atom is 0.296 e. The molecule has 3 N–H and O–H groups in total. The second-order valence-electron chi connectivity index (χ2n) is 13.2. The number of Topliss-reactive ketones (excluding diaryl/α,β-unsaturated/α-hetero) is 3. The predicted octanol–water partition coefficient (Wildman–Crippen LogP) is 6.19. The molecule has 1 heterocycles. The summed E-state index contributed by atoms with van der Waals surface area (Å²) in [6, 6.07) is -0.0655. The summed E-state index contributed by atoms with van der Waals surface area (Å²) in [6.07, 6.45) is 18.9. The van der Waals surface area contributed by atoms with Crippen LogP contribution in [0.5, 0.6) is 0 Å². The first-order valence-corrected chi connectivity index (χ1v) is 16.8. The molecule has 4 unspecified atom stereocenters. The fourth-order valence-corrected chi connectivity index (χ4v) is 5.37. The third-order valence-corrected chi connectivity index (χ3v) is 9.12. The second kappa shape index (κ2) is 20.4. The molecule has 1 aliphatic rings. The van der Waals surface area contributed by atoms with Gasteiger partial charge in [-0.3, -0.25) is 19.2 Å². The van der Waals surface area contributed by atoms with Crippen LogP contribution in [0.1, 0.15) is 119 Å². The zero-order valence-electron chi connectivity index (χ0n) is 28.8. The lowest BCUT2D eigenvalue weighted by molar-refractivity contribution is -0.205. The van der Waals surface area contributed by atoms with Crippen molar-refractivity contribution in [3.63, 3.8) is 0 Å². The molecular formula is C37H59NO7. The van der Waals surface area contributed by atoms with Gasteiger partial charge in [0.05, 0.1) is 6.10 Å². The van der Waals surface area contributed by atoms with E-state index >= 15 is 0 Å². The molecule has 1 amide bonds. The van der Waals surface area contributed by atoms with Crippen LogP contribution in [0.4, 0.5) is 0 Å². The van der Waals surface area contributed by atoms with E-state index in [2.05, 4.69) is 13.0 Å². The minimum atomic E-state index is -2.65. The monoisotopic (exact) mass is 629 g/mol. The molecule has 0 aliphatic carbocycles. The lowest BCUT2D eigenvalue weighted by atomic mass is 9.89. The van der Waals surface area contributed by atoms with Crippen LogP contribution in [0.3, 0.4) is 0 Å². The van der Waals surface area contributed by atoms with Crippen LogP contribution in [-0.2, 0) is 19.2 Å². The van der Waals surface area contributed by atoms with Crippen LogP contribution in [0.15, 0.2) is 47.6 Å². The molecule has 5 atom stereocenters. The number of aliphatic hydroxyl groups excluding tert-OH is 1. The fourth-order valence-electron chi connectivity index (χ4n) is 5.37. The number of allylic oxidation sites excluding steroid dienone is 7. The van der Waals surface area contributed by atoms with Crippen molar-refractivity contribution >= 4 is 23.3 Å². The number of hydrogen-bond acceptors (Lipinski definition) is 7. The van der Waals surface area contributed by atoms with Crippen molar-refractivity contribution in [3.05, 3.63) is 47.6 Å². The predicted molar refractivity (Wildman–Crippen MR) is 179 cm³/mol. The van der Waals surface area contributed by atoms with Gasteiger partial charge in [0.15, 0.2) is 0 Å². The molecule has 1 saturated heterocycles. The van der Waals surface area contributed by atoms with E-state index in [0.717, 1.165) is 51.4 Å². The zero-order chi connectivity index (χ0) is 34.2. The first-order valence-electron chi connectivity index (χ1n) is 16.8. The standard InChI is InChI=1S/C37H59NO7/c1-26(18-12-9-8-10-14-20-27(2)33(40)25-34(41)29(4)24-28(3)32(7)39)19-13-11-15-21-30(5)37(44,45)35(42)36(43)38-23-17-16-22-31(38)6/h8-10,12,18,24,27-28,30-31,34,41,44-45H,11,13-17,19-23,25H2,1-7H3/b10-8+,12-9+,26-18+,29-24+/t27?,28-,30?,31?,34?/m1/s1. The van der Waals surface area contributed by atoms with Gasteiger partial charge in [0.25, 0.3) is 11.7 Å². The van der Waals surface area contributed by atoms with Gasteiger partial charge in [-0.15, -0.1) is 0 Å². The highest BCUT2D eigenvalue weighted by Crippen LogP contribution is 2.25. The van der Waals surface area contributed by atoms with E-state index in [0.29, 0.717) is 25.0 Å². The van der Waals surface area contributed by atoms with Crippen molar-refractivity contribution in [3.8, 4) is 0 Å². The summed E-state index contributed by atoms with van der Waals surface area (Å²) >= 11 is 0. The lowest BCUT2D eigenvalue weighted by Crippen LogP contribution is -2.55. The molecule has 0 radical (unpaired) electrons. The number of carbonyl (C=O) groups excluding carboxylic acids is 4. The minimum absolute atomic E-state index is 0.0147. The van der Waals surface area contributed by atoms with Gasteiger partial charge in [0.1, 0.15) is 11.6 Å². The molecule has 0 bridgehead atoms. The second-order valence-corrected chi connectivity index (χ2v) is 13.2. The van der Waals surface area contributed by atoms with E-state index in [1.807, 2.05) is 38.2 Å². The van der Waals surface area contributed by atoms with Crippen molar-refractivity contribution in [2.45, 2.75) is 137 Å². The summed E-state index contributed by atoms with van der Waals surface area (Å²) in [6.45, 7) is 13.0. The molecule has 0 aromatic carbocycles. The number of aliphatic hydroxyl groups is 3. The molecule has 1 aliphatic heterocycles. The Morgan fingerprint density at radius 2 is 1.62 bits per heavy atom. The van der Waals surface area contributed by atoms with Gasteiger partial charge < -0.3 is 20.2 Å². The van der Waals surface area contributed by atoms with E-state index in [9.17, 15) is 34.5 Å². The van der Waals surface area contributed by atoms with Gasteiger partial charge in [0, 0.05) is 36.8 Å². The summed E-state index contributed by atoms with van der Waals surface area (Å²) in [5.41, 5.74) is 1.88. The SMILES string of the molecule is CC(=O)[C@H](C)/C=C(\C)C(O)CC(=O)C(C)CC/C=C/C=C/C=C(\C)CCCCCC(C)C(O)(O)C(=O)C(=O)N1CCCCC1C. The van der Waals surface area contributed by atoms with Gasteiger partial charge in [-0.05, 0) is 84.6 Å². The van der Waals surface area contributed by atoms with Crippen LogP contribution in [0.2, 0.25) is 0 Å². The molecule has 0 saturated carbocycles. The molecule has 8 heteroatoms. The molecule has 254 valence electrons. The summed E-state index contributed by atoms with van der Waals surface area (Å²) in [7, 11) is 0. The number of likely N-dealkylation sites (tertiary alicyclic amines) is 1. The number of unbranched alkanes of at least 4 members (excludes halogenated alkanes) is 2. The summed E-state index contributed by atoms with van der Waals surface area (Å²) in [4.78, 5) is 50.6. The fraction of sp³-hybridized carbons (Fsp3) is 0.676. The smallest absolute Gasteiger partial charge is 0.296 e. The highest BCUT2D eigenvalue weighted by atomic mass is 16.5. The molecule has 0 aromatic heterocycles. The van der Waals surface area contributed by atoms with Gasteiger partial charge in [-0.2, -0.15) is 0 Å². The van der Waals surface area contributed by atoms with E-state index in [1.54, 1.807) is 26.8 Å². The maximum atomic E-state index is 12.6. The summed E-state index contributed by atoms with van der Waals surface area (Å²) < 4.78 is 0. The molecule has 1 rings (SSSR count). The maximum absolute atomic E-state index is 12.6. The Kier molecular flexibility index (Phi) is 18.3. The molecule has 1 fully saturated rings. The zero-order valence-corrected chi connectivity index (χ0v) is 28.8. The van der Waals surface area contributed by atoms with Crippen LogP contribution < -0.4 is 0 Å². The van der Waals surface area contributed by atoms with Crippen LogP contribution >= 0.6 is 0 Å². The average Bonchev–Trinajstić information content (AvgIpc) is 2.99. The lowest BCUT2D eigenvalue weighted by Gasteiger charge is -2.35. The van der Waals surface area contributed by atoms with Crippen LogP contribution in [0.25, 0.3) is 0 Å². The quantitative estimate of drug-likeness (QED) is 0.0481. The molecule has 8 nitrogen and oxygen atoms in total. The number of piperidine rings is 1. The Bertz CT molecular complexity index is 1100. The van der Waals surface area contributed by atoms with Crippen molar-refractivity contribution in [1.29, 1.82) is 0 Å². The third-order valence-electron chi connectivity index (χ3n) is 9.12. The number of nitrogens with zero attached hydrogens (tertiary/aromatic N) is 1. The van der Waals surface area contributed by atoms with Crippen LogP contribution in [0, 0.1) is 17.8 Å². The number of hydrogen-bond donors (Lipinski definition) is 3. The number of rotatable bonds is 20. The number of carbonyl (C=O) groups is 4. The summed E-state index contributed by atoms with van der Waals surface area (Å²) in [5, 5.41) is 31.3. The van der Waals surface area contributed by atoms with Crippen molar-refractivity contribution < 1.29 is 34.5 Å². The van der Waals surface area contributed by atoms with Crippen molar-refractivity contribution in [2.75, 3.05) is 6.54 Å². The third kappa shape index (κ3) is 14.5. The Morgan fingerprint density at radius 3 is 2.27 bits per heavy atom. The first-order chi connectivity index (χ1) is 21.1. The molecule has 45 heavy (non-hydrogen) atoms. The molecule has 0 aromatic rings. The van der Waals surface area contributed by atoms with E-state index < -0.39 is 29.5 Å². The average molecular weight is 630 g/mol. The highest BCUT2D eigenvalue weighted by Gasteiger charge is 2.45. The van der Waals surface area contributed by atoms with Gasteiger partial charge >= 0.3 is 0 Å².